The molecular weight excluding hydrogens is 332 g/mol. The zero-order valence-electron chi connectivity index (χ0n) is 15.0. The van der Waals surface area contributed by atoms with E-state index in [0.29, 0.717) is 6.61 Å². The fraction of sp³-hybridized carbons (Fsp3) is 0.550. The molecule has 25 heavy (non-hydrogen) atoms. The summed E-state index contributed by atoms with van der Waals surface area (Å²) in [5.74, 6) is 0. The first-order chi connectivity index (χ1) is 12.1. The molecule has 2 fully saturated rings. The van der Waals surface area contributed by atoms with Crippen LogP contribution in [-0.4, -0.2) is 41.3 Å². The van der Waals surface area contributed by atoms with Crippen LogP contribution < -0.4 is 0 Å². The van der Waals surface area contributed by atoms with Crippen LogP contribution in [0.2, 0.25) is 0 Å². The van der Waals surface area contributed by atoms with E-state index >= 15 is 0 Å². The second kappa shape index (κ2) is 7.16. The number of hydrogen-bond acceptors (Lipinski definition) is 5. The first-order valence-corrected chi connectivity index (χ1v) is 9.88. The van der Waals surface area contributed by atoms with Gasteiger partial charge in [0.25, 0.3) is 0 Å². The molecule has 134 valence electrons. The molecule has 0 aromatic carbocycles. The molecule has 2 aliphatic rings. The maximum Gasteiger partial charge on any atom is 0.0959 e. The molecule has 0 bridgehead atoms. The van der Waals surface area contributed by atoms with Crippen LogP contribution in [0.3, 0.4) is 0 Å². The predicted octanol–water partition coefficient (Wildman–Crippen LogP) is 3.71. The van der Waals surface area contributed by atoms with Gasteiger partial charge in [0.15, 0.2) is 0 Å². The number of likely N-dealkylation sites (tertiary alicyclic amines) is 1. The maximum atomic E-state index is 6.15. The van der Waals surface area contributed by atoms with Crippen LogP contribution in [0.5, 0.6) is 0 Å². The van der Waals surface area contributed by atoms with Gasteiger partial charge in [-0.25, -0.2) is 0 Å². The van der Waals surface area contributed by atoms with Crippen LogP contribution in [0.25, 0.3) is 0 Å². The van der Waals surface area contributed by atoms with Gasteiger partial charge >= 0.3 is 0 Å². The minimum Gasteiger partial charge on any atom is -0.372 e. The number of aryl methyl sites for hydroxylation is 2. The van der Waals surface area contributed by atoms with Crippen molar-refractivity contribution in [1.29, 1.82) is 0 Å². The van der Waals surface area contributed by atoms with E-state index in [9.17, 15) is 0 Å². The van der Waals surface area contributed by atoms with Gasteiger partial charge in [-0.3, -0.25) is 9.88 Å². The number of nitrogens with zero attached hydrogens (tertiary/aromatic N) is 2. The number of pyridine rings is 1. The Labute approximate surface area is 153 Å². The van der Waals surface area contributed by atoms with Crippen LogP contribution in [0, 0.1) is 13.8 Å². The molecule has 4 rings (SSSR count). The second-order valence-corrected chi connectivity index (χ2v) is 8.76. The minimum atomic E-state index is 0.00918. The van der Waals surface area contributed by atoms with Crippen molar-refractivity contribution in [2.24, 2.45) is 0 Å². The van der Waals surface area contributed by atoms with Gasteiger partial charge in [-0.1, -0.05) is 6.07 Å². The summed E-state index contributed by atoms with van der Waals surface area (Å²) in [5, 5.41) is 0. The van der Waals surface area contributed by atoms with E-state index in [-0.39, 0.29) is 11.7 Å². The van der Waals surface area contributed by atoms with Crippen LogP contribution in [0.4, 0.5) is 0 Å². The van der Waals surface area contributed by atoms with Crippen LogP contribution in [-0.2, 0) is 22.6 Å². The molecule has 5 heteroatoms. The van der Waals surface area contributed by atoms with Gasteiger partial charge in [-0.15, -0.1) is 11.3 Å². The molecule has 2 aromatic rings. The summed E-state index contributed by atoms with van der Waals surface area (Å²) < 4.78 is 12.3. The molecule has 0 saturated carbocycles. The number of aromatic nitrogens is 1. The number of hydrogen-bond donors (Lipinski definition) is 0. The van der Waals surface area contributed by atoms with Crippen molar-refractivity contribution >= 4 is 11.3 Å². The highest BCUT2D eigenvalue weighted by Gasteiger charge is 2.47. The molecule has 0 amide bonds. The lowest BCUT2D eigenvalue weighted by molar-refractivity contribution is -0.200. The predicted molar refractivity (Wildman–Crippen MR) is 99.8 cm³/mol. The summed E-state index contributed by atoms with van der Waals surface area (Å²) in [4.78, 5) is 9.84. The molecule has 1 unspecified atom stereocenters. The molecule has 0 N–H and O–H groups in total. The van der Waals surface area contributed by atoms with Crippen LogP contribution >= 0.6 is 11.3 Å². The smallest absolute Gasteiger partial charge is 0.0959 e. The Balaban J connectivity index is 1.27. The monoisotopic (exact) mass is 358 g/mol. The normalized spacial score (nSPS) is 22.9. The van der Waals surface area contributed by atoms with Gasteiger partial charge in [0.1, 0.15) is 0 Å². The zero-order valence-corrected chi connectivity index (χ0v) is 15.8. The van der Waals surface area contributed by atoms with Crippen LogP contribution in [0.1, 0.15) is 34.0 Å². The standard InChI is InChI=1S/C20H26N2O2S/c1-15-4-3-5-17(21-15)12-23-18-8-9-24-20(10-18)13-22(14-20)11-19-7-6-16(2)25-19/h3-7,18H,8-14H2,1-2H3. The molecule has 2 aliphatic heterocycles. The molecule has 0 aliphatic carbocycles. The summed E-state index contributed by atoms with van der Waals surface area (Å²) >= 11 is 1.89. The van der Waals surface area contributed by atoms with E-state index in [2.05, 4.69) is 28.9 Å². The molecule has 4 heterocycles. The summed E-state index contributed by atoms with van der Waals surface area (Å²) in [5.41, 5.74) is 2.07. The lowest BCUT2D eigenvalue weighted by atomic mass is 9.84. The van der Waals surface area contributed by atoms with Crippen molar-refractivity contribution in [1.82, 2.24) is 9.88 Å². The van der Waals surface area contributed by atoms with Crippen molar-refractivity contribution < 1.29 is 9.47 Å². The fourth-order valence-corrected chi connectivity index (χ4v) is 4.83. The largest absolute Gasteiger partial charge is 0.372 e. The first-order valence-electron chi connectivity index (χ1n) is 9.06. The Morgan fingerprint density at radius 3 is 2.92 bits per heavy atom. The topological polar surface area (TPSA) is 34.6 Å². The highest BCUT2D eigenvalue weighted by atomic mass is 32.1. The van der Waals surface area contributed by atoms with Crippen molar-refractivity contribution in [2.45, 2.75) is 51.5 Å². The SMILES string of the molecule is Cc1cccc(COC2CCOC3(C2)CN(Cc2ccc(C)s2)C3)n1. The third-order valence-corrected chi connectivity index (χ3v) is 6.05. The summed E-state index contributed by atoms with van der Waals surface area (Å²) in [6, 6.07) is 10.5. The lowest BCUT2D eigenvalue weighted by Gasteiger charge is -2.53. The van der Waals surface area contributed by atoms with Gasteiger partial charge in [0.05, 0.1) is 24.0 Å². The first kappa shape index (κ1) is 17.2. The third kappa shape index (κ3) is 4.11. The van der Waals surface area contributed by atoms with Crippen molar-refractivity contribution in [3.05, 3.63) is 51.5 Å². The third-order valence-electron chi connectivity index (χ3n) is 5.06. The van der Waals surface area contributed by atoms with E-state index < -0.39 is 0 Å². The van der Waals surface area contributed by atoms with E-state index in [4.69, 9.17) is 9.47 Å². The Kier molecular flexibility index (Phi) is 4.91. The van der Waals surface area contributed by atoms with E-state index in [1.807, 2.05) is 36.5 Å². The molecule has 2 saturated heterocycles. The van der Waals surface area contributed by atoms with Gasteiger partial charge in [-0.05, 0) is 44.5 Å². The Morgan fingerprint density at radius 1 is 1.28 bits per heavy atom. The van der Waals surface area contributed by atoms with Gasteiger partial charge in [0, 0.05) is 48.1 Å². The molecule has 4 nitrogen and oxygen atoms in total. The average molecular weight is 359 g/mol. The van der Waals surface area contributed by atoms with Crippen molar-refractivity contribution in [3.63, 3.8) is 0 Å². The van der Waals surface area contributed by atoms with Gasteiger partial charge < -0.3 is 9.47 Å². The molecule has 0 radical (unpaired) electrons. The highest BCUT2D eigenvalue weighted by molar-refractivity contribution is 7.11. The maximum absolute atomic E-state index is 6.15. The summed E-state index contributed by atoms with van der Waals surface area (Å²) in [6.45, 7) is 8.67. The summed E-state index contributed by atoms with van der Waals surface area (Å²) in [6.07, 6.45) is 2.26. The zero-order chi connectivity index (χ0) is 17.3. The molecular formula is C20H26N2O2S. The Morgan fingerprint density at radius 2 is 2.16 bits per heavy atom. The van der Waals surface area contributed by atoms with E-state index in [1.165, 1.54) is 9.75 Å². The Hall–Kier alpha value is -1.27. The number of thiophene rings is 1. The number of ether oxygens (including phenoxy) is 2. The van der Waals surface area contributed by atoms with Crippen molar-refractivity contribution in [2.75, 3.05) is 19.7 Å². The Bertz CT molecular complexity index is 724. The molecule has 2 aromatic heterocycles. The molecule has 1 atom stereocenters. The van der Waals surface area contributed by atoms with E-state index in [0.717, 1.165) is 50.5 Å². The quantitative estimate of drug-likeness (QED) is 0.816. The van der Waals surface area contributed by atoms with Crippen molar-refractivity contribution in [3.8, 4) is 0 Å². The minimum absolute atomic E-state index is 0.00918. The number of rotatable bonds is 5. The highest BCUT2D eigenvalue weighted by Crippen LogP contribution is 2.36. The molecule has 1 spiro atoms. The second-order valence-electron chi connectivity index (χ2n) is 7.39. The van der Waals surface area contributed by atoms with Crippen LogP contribution in [0.15, 0.2) is 30.3 Å². The van der Waals surface area contributed by atoms with Gasteiger partial charge in [-0.2, -0.15) is 0 Å². The van der Waals surface area contributed by atoms with Gasteiger partial charge in [0.2, 0.25) is 0 Å². The lowest BCUT2D eigenvalue weighted by Crippen LogP contribution is -2.65. The summed E-state index contributed by atoms with van der Waals surface area (Å²) in [7, 11) is 0. The van der Waals surface area contributed by atoms with E-state index in [1.54, 1.807) is 0 Å². The average Bonchev–Trinajstić information content (AvgIpc) is 2.97. The fourth-order valence-electron chi connectivity index (χ4n) is 3.90.